The van der Waals surface area contributed by atoms with Crippen molar-refractivity contribution < 1.29 is 14.6 Å². The first-order chi connectivity index (χ1) is 7.49. The zero-order valence-electron chi connectivity index (χ0n) is 8.41. The van der Waals surface area contributed by atoms with Gasteiger partial charge in [-0.25, -0.2) is 9.78 Å². The molecule has 7 heteroatoms. The molecule has 0 saturated heterocycles. The van der Waals surface area contributed by atoms with Gasteiger partial charge in [-0.2, -0.15) is 0 Å². The number of amides is 1. The Morgan fingerprint density at radius 2 is 2.50 bits per heavy atom. The number of nitrogens with zero attached hydrogens (tertiary/aromatic N) is 1. The first-order valence-corrected chi connectivity index (χ1v) is 5.59. The van der Waals surface area contributed by atoms with Crippen LogP contribution in [0.3, 0.4) is 0 Å². The summed E-state index contributed by atoms with van der Waals surface area (Å²) >= 11 is 9.02. The Kier molecular flexibility index (Phi) is 4.82. The fourth-order valence-corrected chi connectivity index (χ4v) is 1.44. The van der Waals surface area contributed by atoms with Crippen molar-refractivity contribution in [2.24, 2.45) is 0 Å². The number of rotatable bonds is 4. The summed E-state index contributed by atoms with van der Waals surface area (Å²) in [5, 5.41) is 11.0. The standard InChI is InChI=1S/C9H10BrClN2O3/c1-5(13-9(14)15)4-16-7-2-6(10)3-12-8(7)11/h2-3,5,13H,4H2,1H3,(H,14,15). The molecule has 88 valence electrons. The highest BCUT2D eigenvalue weighted by molar-refractivity contribution is 9.10. The smallest absolute Gasteiger partial charge is 0.404 e. The Bertz CT molecular complexity index is 389. The average molecular weight is 310 g/mol. The first-order valence-electron chi connectivity index (χ1n) is 4.42. The summed E-state index contributed by atoms with van der Waals surface area (Å²) in [7, 11) is 0. The Balaban J connectivity index is 2.54. The van der Waals surface area contributed by atoms with Gasteiger partial charge in [0.1, 0.15) is 6.61 Å². The molecule has 0 bridgehead atoms. The van der Waals surface area contributed by atoms with Crippen LogP contribution in [0.4, 0.5) is 4.79 Å². The van der Waals surface area contributed by atoms with E-state index >= 15 is 0 Å². The molecule has 0 radical (unpaired) electrons. The van der Waals surface area contributed by atoms with Gasteiger partial charge < -0.3 is 15.2 Å². The molecule has 0 aliphatic heterocycles. The lowest BCUT2D eigenvalue weighted by Crippen LogP contribution is -2.35. The summed E-state index contributed by atoms with van der Waals surface area (Å²) in [5.41, 5.74) is 0. The number of hydrogen-bond donors (Lipinski definition) is 2. The summed E-state index contributed by atoms with van der Waals surface area (Å²) in [4.78, 5) is 14.2. The van der Waals surface area contributed by atoms with Gasteiger partial charge >= 0.3 is 6.09 Å². The van der Waals surface area contributed by atoms with E-state index in [4.69, 9.17) is 21.4 Å². The lowest BCUT2D eigenvalue weighted by Gasteiger charge is -2.13. The number of pyridine rings is 1. The van der Waals surface area contributed by atoms with Crippen LogP contribution in [0.25, 0.3) is 0 Å². The second-order valence-electron chi connectivity index (χ2n) is 3.10. The van der Waals surface area contributed by atoms with Crippen LogP contribution < -0.4 is 10.1 Å². The van der Waals surface area contributed by atoms with E-state index in [-0.39, 0.29) is 17.8 Å². The van der Waals surface area contributed by atoms with E-state index in [1.54, 1.807) is 19.2 Å². The number of carboxylic acid groups (broad SMARTS) is 1. The molecule has 0 aromatic carbocycles. The van der Waals surface area contributed by atoms with Crippen LogP contribution in [0, 0.1) is 0 Å². The minimum atomic E-state index is -1.09. The Morgan fingerprint density at radius 1 is 1.81 bits per heavy atom. The molecule has 1 rings (SSSR count). The topological polar surface area (TPSA) is 71.5 Å². The van der Waals surface area contributed by atoms with E-state index in [0.717, 1.165) is 4.47 Å². The molecule has 1 aromatic rings. The predicted molar refractivity (Wildman–Crippen MR) is 63.1 cm³/mol. The number of aromatic nitrogens is 1. The molecule has 1 atom stereocenters. The highest BCUT2D eigenvalue weighted by Gasteiger charge is 2.08. The monoisotopic (exact) mass is 308 g/mol. The van der Waals surface area contributed by atoms with Crippen LogP contribution in [-0.4, -0.2) is 28.8 Å². The first kappa shape index (κ1) is 13.1. The summed E-state index contributed by atoms with van der Waals surface area (Å²) in [6, 6.07) is 1.34. The summed E-state index contributed by atoms with van der Waals surface area (Å²) in [5.74, 6) is 0.412. The van der Waals surface area contributed by atoms with Crippen LogP contribution >= 0.6 is 27.5 Å². The van der Waals surface area contributed by atoms with Crippen molar-refractivity contribution >= 4 is 33.6 Å². The second kappa shape index (κ2) is 5.91. The maximum absolute atomic E-state index is 10.3. The van der Waals surface area contributed by atoms with Gasteiger partial charge in [0.05, 0.1) is 6.04 Å². The van der Waals surface area contributed by atoms with Crippen LogP contribution in [-0.2, 0) is 0 Å². The van der Waals surface area contributed by atoms with E-state index in [1.807, 2.05) is 0 Å². The van der Waals surface area contributed by atoms with Gasteiger partial charge in [-0.1, -0.05) is 11.6 Å². The van der Waals surface area contributed by atoms with Crippen molar-refractivity contribution in [3.63, 3.8) is 0 Å². The zero-order valence-corrected chi connectivity index (χ0v) is 10.7. The molecular weight excluding hydrogens is 299 g/mol. The van der Waals surface area contributed by atoms with E-state index in [2.05, 4.69) is 26.2 Å². The molecule has 16 heavy (non-hydrogen) atoms. The predicted octanol–water partition coefficient (Wildman–Crippen LogP) is 2.53. The molecule has 5 nitrogen and oxygen atoms in total. The maximum atomic E-state index is 10.3. The van der Waals surface area contributed by atoms with Crippen molar-refractivity contribution in [2.75, 3.05) is 6.61 Å². The van der Waals surface area contributed by atoms with E-state index < -0.39 is 6.09 Å². The molecule has 0 spiro atoms. The molecule has 1 heterocycles. The third-order valence-electron chi connectivity index (χ3n) is 1.63. The van der Waals surface area contributed by atoms with Crippen LogP contribution in [0.1, 0.15) is 6.92 Å². The molecule has 1 amide bonds. The van der Waals surface area contributed by atoms with Crippen molar-refractivity contribution in [3.8, 4) is 5.75 Å². The minimum Gasteiger partial charge on any atom is -0.488 e. The number of ether oxygens (including phenoxy) is 1. The third kappa shape index (κ3) is 4.24. The lowest BCUT2D eigenvalue weighted by atomic mass is 10.4. The molecule has 0 fully saturated rings. The number of halogens is 2. The van der Waals surface area contributed by atoms with Gasteiger partial charge in [0, 0.05) is 10.7 Å². The Morgan fingerprint density at radius 3 is 3.12 bits per heavy atom. The van der Waals surface area contributed by atoms with Crippen LogP contribution in [0.5, 0.6) is 5.75 Å². The van der Waals surface area contributed by atoms with Gasteiger partial charge in [-0.3, -0.25) is 0 Å². The van der Waals surface area contributed by atoms with Gasteiger partial charge in [-0.05, 0) is 28.9 Å². The normalized spacial score (nSPS) is 11.9. The summed E-state index contributed by atoms with van der Waals surface area (Å²) in [6.45, 7) is 1.87. The average Bonchev–Trinajstić information content (AvgIpc) is 2.18. The van der Waals surface area contributed by atoms with E-state index in [0.29, 0.717) is 5.75 Å². The van der Waals surface area contributed by atoms with Crippen molar-refractivity contribution in [1.82, 2.24) is 10.3 Å². The Hall–Kier alpha value is -1.01. The van der Waals surface area contributed by atoms with E-state index in [9.17, 15) is 4.79 Å². The minimum absolute atomic E-state index is 0.185. The quantitative estimate of drug-likeness (QED) is 0.838. The zero-order chi connectivity index (χ0) is 12.1. The highest BCUT2D eigenvalue weighted by Crippen LogP contribution is 2.25. The van der Waals surface area contributed by atoms with Crippen molar-refractivity contribution in [1.29, 1.82) is 0 Å². The summed E-state index contributed by atoms with van der Waals surface area (Å²) in [6.07, 6.45) is 0.461. The number of hydrogen-bond acceptors (Lipinski definition) is 3. The lowest BCUT2D eigenvalue weighted by molar-refractivity contribution is 0.183. The molecule has 2 N–H and O–H groups in total. The SMILES string of the molecule is CC(COc1cc(Br)cnc1Cl)NC(=O)O. The molecule has 0 saturated carbocycles. The maximum Gasteiger partial charge on any atom is 0.404 e. The molecule has 0 aliphatic rings. The molecule has 1 unspecified atom stereocenters. The van der Waals surface area contributed by atoms with Gasteiger partial charge in [0.25, 0.3) is 0 Å². The molecule has 1 aromatic heterocycles. The van der Waals surface area contributed by atoms with Crippen molar-refractivity contribution in [3.05, 3.63) is 21.9 Å². The van der Waals surface area contributed by atoms with Crippen molar-refractivity contribution in [2.45, 2.75) is 13.0 Å². The number of nitrogens with one attached hydrogen (secondary N) is 1. The van der Waals surface area contributed by atoms with Gasteiger partial charge in [0.15, 0.2) is 10.9 Å². The van der Waals surface area contributed by atoms with Gasteiger partial charge in [-0.15, -0.1) is 0 Å². The fraction of sp³-hybridized carbons (Fsp3) is 0.333. The Labute approximate surface area is 106 Å². The summed E-state index contributed by atoms with van der Waals surface area (Å²) < 4.78 is 6.07. The largest absolute Gasteiger partial charge is 0.488 e. The van der Waals surface area contributed by atoms with Crippen LogP contribution in [0.15, 0.2) is 16.7 Å². The molecular formula is C9H10BrClN2O3. The highest BCUT2D eigenvalue weighted by atomic mass is 79.9. The van der Waals surface area contributed by atoms with Crippen LogP contribution in [0.2, 0.25) is 5.15 Å². The third-order valence-corrected chi connectivity index (χ3v) is 2.35. The fourth-order valence-electron chi connectivity index (χ4n) is 0.972. The second-order valence-corrected chi connectivity index (χ2v) is 4.38. The number of carbonyl (C=O) groups is 1. The van der Waals surface area contributed by atoms with Gasteiger partial charge in [0.2, 0.25) is 0 Å². The molecule has 0 aliphatic carbocycles. The van der Waals surface area contributed by atoms with E-state index in [1.165, 1.54) is 0 Å².